The van der Waals surface area contributed by atoms with Crippen molar-refractivity contribution in [3.05, 3.63) is 17.5 Å². The molecule has 2 rings (SSSR count). The Kier molecular flexibility index (Phi) is 4.60. The molecule has 1 unspecified atom stereocenters. The van der Waals surface area contributed by atoms with Crippen LogP contribution < -0.4 is 5.73 Å². The van der Waals surface area contributed by atoms with Crippen LogP contribution in [0.1, 0.15) is 30.1 Å². The predicted octanol–water partition coefficient (Wildman–Crippen LogP) is 0.754. The number of nitrogens with zero attached hydrogens (tertiary/aromatic N) is 4. The lowest BCUT2D eigenvalue weighted by Gasteiger charge is -2.39. The zero-order chi connectivity index (χ0) is 14.0. The van der Waals surface area contributed by atoms with Gasteiger partial charge in [-0.15, -0.1) is 0 Å². The van der Waals surface area contributed by atoms with Crippen molar-refractivity contribution < 1.29 is 0 Å². The van der Waals surface area contributed by atoms with E-state index in [1.165, 1.54) is 37.2 Å². The summed E-state index contributed by atoms with van der Waals surface area (Å²) >= 11 is 0. The van der Waals surface area contributed by atoms with E-state index in [-0.39, 0.29) is 6.04 Å². The van der Waals surface area contributed by atoms with E-state index in [1.54, 1.807) is 0 Å². The van der Waals surface area contributed by atoms with Crippen molar-refractivity contribution in [2.75, 3.05) is 33.7 Å². The Hall–Kier alpha value is -0.910. The molecule has 0 amide bonds. The summed E-state index contributed by atoms with van der Waals surface area (Å²) in [6, 6.07) is 0.909. The van der Waals surface area contributed by atoms with Gasteiger partial charge in [-0.25, -0.2) is 0 Å². The molecule has 0 spiro atoms. The van der Waals surface area contributed by atoms with E-state index in [2.05, 4.69) is 35.9 Å². The quantitative estimate of drug-likeness (QED) is 0.873. The van der Waals surface area contributed by atoms with E-state index in [1.807, 2.05) is 17.9 Å². The summed E-state index contributed by atoms with van der Waals surface area (Å²) in [5.74, 6) is 0. The fourth-order valence-electron chi connectivity index (χ4n) is 3.01. The first kappa shape index (κ1) is 14.5. The molecule has 0 radical (unpaired) electrons. The highest BCUT2D eigenvalue weighted by molar-refractivity contribution is 5.21. The predicted molar refractivity (Wildman–Crippen MR) is 78.0 cm³/mol. The standard InChI is InChI=1S/C14H27N5/c1-11-13(10-16-19(11)4)14(9-15)18(3)12-5-7-17(2)8-6-12/h10,12,14H,5-9,15H2,1-4H3. The first-order chi connectivity index (χ1) is 9.04. The number of hydrogen-bond donors (Lipinski definition) is 1. The molecule has 1 saturated heterocycles. The number of likely N-dealkylation sites (tertiary alicyclic amines) is 1. The molecule has 0 bridgehead atoms. The van der Waals surface area contributed by atoms with E-state index in [9.17, 15) is 0 Å². The van der Waals surface area contributed by atoms with Gasteiger partial charge in [0.1, 0.15) is 0 Å². The van der Waals surface area contributed by atoms with Crippen LogP contribution in [0.3, 0.4) is 0 Å². The van der Waals surface area contributed by atoms with Gasteiger partial charge < -0.3 is 10.6 Å². The summed E-state index contributed by atoms with van der Waals surface area (Å²) < 4.78 is 1.93. The first-order valence-electron chi connectivity index (χ1n) is 7.13. The van der Waals surface area contributed by atoms with Crippen LogP contribution in [0.2, 0.25) is 0 Å². The van der Waals surface area contributed by atoms with Crippen LogP contribution in [0.5, 0.6) is 0 Å². The van der Waals surface area contributed by atoms with E-state index >= 15 is 0 Å². The van der Waals surface area contributed by atoms with Crippen LogP contribution in [0.25, 0.3) is 0 Å². The molecule has 5 heteroatoms. The Balaban J connectivity index is 2.11. The van der Waals surface area contributed by atoms with Crippen LogP contribution in [-0.4, -0.2) is 59.4 Å². The van der Waals surface area contributed by atoms with E-state index < -0.39 is 0 Å². The summed E-state index contributed by atoms with van der Waals surface area (Å²) in [5, 5.41) is 4.35. The van der Waals surface area contributed by atoms with Crippen molar-refractivity contribution in [3.63, 3.8) is 0 Å². The Morgan fingerprint density at radius 3 is 2.53 bits per heavy atom. The van der Waals surface area contributed by atoms with Crippen LogP contribution in [-0.2, 0) is 7.05 Å². The molecule has 1 aliphatic rings. The fourth-order valence-corrected chi connectivity index (χ4v) is 3.01. The molecular weight excluding hydrogens is 238 g/mol. The molecule has 0 aromatic carbocycles. The van der Waals surface area contributed by atoms with Crippen molar-refractivity contribution >= 4 is 0 Å². The number of piperidine rings is 1. The average Bonchev–Trinajstić information content (AvgIpc) is 2.73. The molecule has 108 valence electrons. The average molecular weight is 265 g/mol. The number of nitrogens with two attached hydrogens (primary N) is 1. The summed E-state index contributed by atoms with van der Waals surface area (Å²) in [4.78, 5) is 4.86. The minimum Gasteiger partial charge on any atom is -0.329 e. The maximum atomic E-state index is 6.03. The third kappa shape index (κ3) is 2.99. The van der Waals surface area contributed by atoms with Gasteiger partial charge >= 0.3 is 0 Å². The van der Waals surface area contributed by atoms with Crippen LogP contribution in [0, 0.1) is 6.92 Å². The second-order valence-corrected chi connectivity index (χ2v) is 5.76. The molecule has 1 aromatic rings. The van der Waals surface area contributed by atoms with E-state index in [0.717, 1.165) is 0 Å². The molecule has 0 aliphatic carbocycles. The number of aromatic nitrogens is 2. The lowest BCUT2D eigenvalue weighted by Crippen LogP contribution is -2.45. The molecule has 5 nitrogen and oxygen atoms in total. The molecule has 0 saturated carbocycles. The van der Waals surface area contributed by atoms with Crippen LogP contribution in [0.4, 0.5) is 0 Å². The normalized spacial score (nSPS) is 20.1. The second kappa shape index (κ2) is 6.03. The molecular formula is C14H27N5. The van der Waals surface area contributed by atoms with Crippen molar-refractivity contribution in [2.24, 2.45) is 12.8 Å². The van der Waals surface area contributed by atoms with Gasteiger partial charge in [-0.3, -0.25) is 9.58 Å². The van der Waals surface area contributed by atoms with Gasteiger partial charge in [0, 0.05) is 30.9 Å². The summed E-state index contributed by atoms with van der Waals surface area (Å²) in [6.45, 7) is 5.12. The summed E-state index contributed by atoms with van der Waals surface area (Å²) in [7, 11) is 6.39. The molecule has 1 fully saturated rings. The van der Waals surface area contributed by atoms with Gasteiger partial charge in [0.2, 0.25) is 0 Å². The van der Waals surface area contributed by atoms with Gasteiger partial charge in [0.15, 0.2) is 0 Å². The molecule has 2 heterocycles. The fraction of sp³-hybridized carbons (Fsp3) is 0.786. The highest BCUT2D eigenvalue weighted by Gasteiger charge is 2.27. The minimum absolute atomic E-state index is 0.280. The SMILES string of the molecule is Cc1c(C(CN)N(C)C2CCN(C)CC2)cnn1C. The third-order valence-electron chi connectivity index (χ3n) is 4.61. The second-order valence-electron chi connectivity index (χ2n) is 5.76. The minimum atomic E-state index is 0.280. The highest BCUT2D eigenvalue weighted by Crippen LogP contribution is 2.26. The molecule has 1 atom stereocenters. The smallest absolute Gasteiger partial charge is 0.0540 e. The van der Waals surface area contributed by atoms with Crippen LogP contribution >= 0.6 is 0 Å². The van der Waals surface area contributed by atoms with Gasteiger partial charge in [-0.05, 0) is 47.0 Å². The molecule has 1 aliphatic heterocycles. The third-order valence-corrected chi connectivity index (χ3v) is 4.61. The van der Waals surface area contributed by atoms with Crippen molar-refractivity contribution in [3.8, 4) is 0 Å². The number of rotatable bonds is 4. The largest absolute Gasteiger partial charge is 0.329 e. The Labute approximate surface area is 116 Å². The van der Waals surface area contributed by atoms with E-state index in [4.69, 9.17) is 5.73 Å². The summed E-state index contributed by atoms with van der Waals surface area (Å²) in [5.41, 5.74) is 8.52. The topological polar surface area (TPSA) is 50.3 Å². The van der Waals surface area contributed by atoms with Gasteiger partial charge in [0.25, 0.3) is 0 Å². The van der Waals surface area contributed by atoms with Crippen LogP contribution in [0.15, 0.2) is 6.20 Å². The molecule has 2 N–H and O–H groups in total. The van der Waals surface area contributed by atoms with Gasteiger partial charge in [-0.1, -0.05) is 0 Å². The van der Waals surface area contributed by atoms with Gasteiger partial charge in [0.05, 0.1) is 12.2 Å². The lowest BCUT2D eigenvalue weighted by atomic mass is 9.99. The number of hydrogen-bond acceptors (Lipinski definition) is 4. The van der Waals surface area contributed by atoms with Crippen molar-refractivity contribution in [1.82, 2.24) is 19.6 Å². The molecule has 19 heavy (non-hydrogen) atoms. The Bertz CT molecular complexity index is 406. The zero-order valence-corrected chi connectivity index (χ0v) is 12.6. The van der Waals surface area contributed by atoms with Crippen molar-refractivity contribution in [2.45, 2.75) is 31.8 Å². The maximum Gasteiger partial charge on any atom is 0.0540 e. The zero-order valence-electron chi connectivity index (χ0n) is 12.6. The first-order valence-corrected chi connectivity index (χ1v) is 7.13. The van der Waals surface area contributed by atoms with E-state index in [0.29, 0.717) is 12.6 Å². The Morgan fingerprint density at radius 1 is 1.42 bits per heavy atom. The number of likely N-dealkylation sites (N-methyl/N-ethyl adjacent to an activating group) is 1. The van der Waals surface area contributed by atoms with Gasteiger partial charge in [-0.2, -0.15) is 5.10 Å². The van der Waals surface area contributed by atoms with Crippen molar-refractivity contribution in [1.29, 1.82) is 0 Å². The molecule has 1 aromatic heterocycles. The maximum absolute atomic E-state index is 6.03. The summed E-state index contributed by atoms with van der Waals surface area (Å²) in [6.07, 6.45) is 4.42. The highest BCUT2D eigenvalue weighted by atomic mass is 15.3. The number of aryl methyl sites for hydroxylation is 1. The Morgan fingerprint density at radius 2 is 2.05 bits per heavy atom. The monoisotopic (exact) mass is 265 g/mol. The lowest BCUT2D eigenvalue weighted by molar-refractivity contribution is 0.109.